The molecule has 3 rings (SSSR count). The first-order valence-corrected chi connectivity index (χ1v) is 10.3. The Morgan fingerprint density at radius 1 is 1.37 bits per heavy atom. The molecular formula is C19H18ClN3O6S. The van der Waals surface area contributed by atoms with E-state index in [0.29, 0.717) is 24.3 Å². The van der Waals surface area contributed by atoms with Crippen molar-refractivity contribution in [2.24, 2.45) is 0 Å². The van der Waals surface area contributed by atoms with Gasteiger partial charge in [0, 0.05) is 18.7 Å². The zero-order valence-electron chi connectivity index (χ0n) is 15.9. The summed E-state index contributed by atoms with van der Waals surface area (Å²) in [4.78, 5) is 49.7. The highest BCUT2D eigenvalue weighted by Crippen LogP contribution is 2.27. The molecule has 2 unspecified atom stereocenters. The van der Waals surface area contributed by atoms with Crippen LogP contribution in [0.25, 0.3) is 0 Å². The number of nitro benzene ring substituents is 1. The fourth-order valence-corrected chi connectivity index (χ4v) is 3.96. The number of nitrogens with zero attached hydrogens (tertiary/aromatic N) is 2. The molecule has 1 aromatic heterocycles. The number of esters is 1. The number of rotatable bonds is 6. The molecule has 1 fully saturated rings. The first-order chi connectivity index (χ1) is 14.3. The maximum Gasteiger partial charge on any atom is 0.329 e. The summed E-state index contributed by atoms with van der Waals surface area (Å²) < 4.78 is 5.28. The number of benzene rings is 1. The normalized spacial score (nSPS) is 16.7. The molecular weight excluding hydrogens is 434 g/mol. The molecule has 0 spiro atoms. The van der Waals surface area contributed by atoms with Gasteiger partial charge in [0.25, 0.3) is 17.5 Å². The first-order valence-electron chi connectivity index (χ1n) is 9.07. The fourth-order valence-electron chi connectivity index (χ4n) is 3.06. The lowest BCUT2D eigenvalue weighted by Gasteiger charge is -2.24. The number of carbonyl (C=O) groups is 3. The van der Waals surface area contributed by atoms with Crippen molar-refractivity contribution in [3.8, 4) is 0 Å². The predicted molar refractivity (Wildman–Crippen MR) is 111 cm³/mol. The number of thiophene rings is 1. The van der Waals surface area contributed by atoms with E-state index in [1.54, 1.807) is 17.5 Å². The molecule has 2 aromatic rings. The maximum atomic E-state index is 12.6. The van der Waals surface area contributed by atoms with Gasteiger partial charge in [-0.1, -0.05) is 17.7 Å². The number of nitrogens with one attached hydrogen (secondary N) is 1. The minimum absolute atomic E-state index is 0.0143. The van der Waals surface area contributed by atoms with E-state index >= 15 is 0 Å². The van der Waals surface area contributed by atoms with Crippen molar-refractivity contribution in [1.82, 2.24) is 4.90 Å². The lowest BCUT2D eigenvalue weighted by Crippen LogP contribution is -2.43. The highest BCUT2D eigenvalue weighted by molar-refractivity contribution is 7.12. The Bertz CT molecular complexity index is 981. The summed E-state index contributed by atoms with van der Waals surface area (Å²) in [6, 6.07) is 6.31. The number of amides is 2. The number of hydrogen-bond donors (Lipinski definition) is 1. The molecule has 2 amide bonds. The van der Waals surface area contributed by atoms with Gasteiger partial charge in [-0.2, -0.15) is 0 Å². The van der Waals surface area contributed by atoms with Crippen LogP contribution in [0, 0.1) is 10.1 Å². The van der Waals surface area contributed by atoms with Gasteiger partial charge >= 0.3 is 5.97 Å². The zero-order valence-corrected chi connectivity index (χ0v) is 17.4. The third kappa shape index (κ3) is 4.77. The average Bonchev–Trinajstić information content (AvgIpc) is 3.40. The number of likely N-dealkylation sites (tertiary alicyclic amines) is 1. The van der Waals surface area contributed by atoms with E-state index in [0.717, 1.165) is 6.07 Å². The lowest BCUT2D eigenvalue weighted by atomic mass is 10.2. The van der Waals surface area contributed by atoms with Crippen LogP contribution in [0.2, 0.25) is 5.02 Å². The Hall–Kier alpha value is -2.98. The van der Waals surface area contributed by atoms with E-state index in [4.69, 9.17) is 16.3 Å². The second kappa shape index (κ2) is 9.23. The van der Waals surface area contributed by atoms with E-state index in [9.17, 15) is 24.5 Å². The molecule has 158 valence electrons. The molecule has 2 heterocycles. The molecule has 30 heavy (non-hydrogen) atoms. The highest BCUT2D eigenvalue weighted by atomic mass is 35.5. The number of hydrogen-bond acceptors (Lipinski definition) is 7. The van der Waals surface area contributed by atoms with Crippen molar-refractivity contribution >= 4 is 52.1 Å². The Morgan fingerprint density at radius 3 is 2.77 bits per heavy atom. The van der Waals surface area contributed by atoms with Gasteiger partial charge in [-0.15, -0.1) is 11.3 Å². The number of carbonyl (C=O) groups excluding carboxylic acids is 3. The molecule has 1 aliphatic rings. The molecule has 0 aliphatic carbocycles. The van der Waals surface area contributed by atoms with Crippen LogP contribution >= 0.6 is 22.9 Å². The molecule has 1 N–H and O–H groups in total. The summed E-state index contributed by atoms with van der Waals surface area (Å²) in [6.45, 7) is 1.84. The molecule has 0 saturated carbocycles. The van der Waals surface area contributed by atoms with Crippen LogP contribution in [-0.4, -0.2) is 46.3 Å². The standard InChI is InChI=1S/C19H18ClN3O6S/c1-11(17(24)21-14-7-6-12(23(27)28)10-13(14)20)29-19(26)15-4-2-8-22(15)18(25)16-5-3-9-30-16/h3,5-7,9-11,15H,2,4,8H2,1H3,(H,21,24). The number of halogens is 1. The summed E-state index contributed by atoms with van der Waals surface area (Å²) in [5.74, 6) is -1.54. The van der Waals surface area contributed by atoms with Crippen molar-refractivity contribution in [3.05, 3.63) is 55.7 Å². The Morgan fingerprint density at radius 2 is 2.13 bits per heavy atom. The number of non-ortho nitro benzene ring substituents is 1. The van der Waals surface area contributed by atoms with Gasteiger partial charge in [-0.3, -0.25) is 19.7 Å². The van der Waals surface area contributed by atoms with Gasteiger partial charge in [0.1, 0.15) is 6.04 Å². The van der Waals surface area contributed by atoms with E-state index in [2.05, 4.69) is 5.32 Å². The van der Waals surface area contributed by atoms with Gasteiger partial charge in [0.05, 0.1) is 20.5 Å². The third-order valence-electron chi connectivity index (χ3n) is 4.60. The Balaban J connectivity index is 1.61. The minimum atomic E-state index is -1.15. The quantitative estimate of drug-likeness (QED) is 0.408. The van der Waals surface area contributed by atoms with Crippen molar-refractivity contribution in [2.45, 2.75) is 31.9 Å². The predicted octanol–water partition coefficient (Wildman–Crippen LogP) is 3.48. The van der Waals surface area contributed by atoms with Gasteiger partial charge < -0.3 is 15.0 Å². The van der Waals surface area contributed by atoms with Crippen molar-refractivity contribution < 1.29 is 24.0 Å². The number of ether oxygens (including phenoxy) is 1. The largest absolute Gasteiger partial charge is 0.451 e. The van der Waals surface area contributed by atoms with Crippen LogP contribution in [0.15, 0.2) is 35.7 Å². The lowest BCUT2D eigenvalue weighted by molar-refractivity contribution is -0.384. The molecule has 1 aliphatic heterocycles. The van der Waals surface area contributed by atoms with Crippen molar-refractivity contribution in [1.29, 1.82) is 0 Å². The summed E-state index contributed by atoms with van der Waals surface area (Å²) in [5.41, 5.74) is -0.0558. The minimum Gasteiger partial charge on any atom is -0.451 e. The summed E-state index contributed by atoms with van der Waals surface area (Å²) >= 11 is 7.26. The van der Waals surface area contributed by atoms with Crippen molar-refractivity contribution in [2.75, 3.05) is 11.9 Å². The van der Waals surface area contributed by atoms with Crippen LogP contribution in [0.5, 0.6) is 0 Å². The van der Waals surface area contributed by atoms with Gasteiger partial charge in [-0.25, -0.2) is 4.79 Å². The summed E-state index contributed by atoms with van der Waals surface area (Å²) in [5, 5.41) is 15.0. The molecule has 1 saturated heterocycles. The highest BCUT2D eigenvalue weighted by Gasteiger charge is 2.37. The van der Waals surface area contributed by atoms with Crippen LogP contribution in [-0.2, 0) is 14.3 Å². The van der Waals surface area contributed by atoms with E-state index in [-0.39, 0.29) is 22.3 Å². The molecule has 11 heteroatoms. The smallest absolute Gasteiger partial charge is 0.329 e. The van der Waals surface area contributed by atoms with Gasteiger partial charge in [0.15, 0.2) is 6.10 Å². The van der Waals surface area contributed by atoms with Crippen LogP contribution in [0.1, 0.15) is 29.4 Å². The second-order valence-electron chi connectivity index (χ2n) is 6.62. The third-order valence-corrected chi connectivity index (χ3v) is 5.77. The van der Waals surface area contributed by atoms with Crippen LogP contribution in [0.3, 0.4) is 0 Å². The SMILES string of the molecule is CC(OC(=O)C1CCCN1C(=O)c1cccs1)C(=O)Nc1ccc([N+](=O)[O-])cc1Cl. The molecule has 9 nitrogen and oxygen atoms in total. The molecule has 1 aromatic carbocycles. The monoisotopic (exact) mass is 451 g/mol. The van der Waals surface area contributed by atoms with Crippen molar-refractivity contribution in [3.63, 3.8) is 0 Å². The second-order valence-corrected chi connectivity index (χ2v) is 7.98. The number of nitro groups is 1. The molecule has 0 radical (unpaired) electrons. The Labute approximate surface area is 180 Å². The maximum absolute atomic E-state index is 12.6. The van der Waals surface area contributed by atoms with Gasteiger partial charge in [0.2, 0.25) is 0 Å². The zero-order chi connectivity index (χ0) is 21.8. The molecule has 2 atom stereocenters. The van der Waals surface area contributed by atoms with Crippen LogP contribution in [0.4, 0.5) is 11.4 Å². The average molecular weight is 452 g/mol. The fraction of sp³-hybridized carbons (Fsp3) is 0.316. The number of anilines is 1. The Kier molecular flexibility index (Phi) is 6.68. The van der Waals surface area contributed by atoms with E-state index in [1.807, 2.05) is 0 Å². The topological polar surface area (TPSA) is 119 Å². The first kappa shape index (κ1) is 21.7. The van der Waals surface area contributed by atoms with Crippen LogP contribution < -0.4 is 5.32 Å². The summed E-state index contributed by atoms with van der Waals surface area (Å²) in [6.07, 6.45) is -0.0306. The van der Waals surface area contributed by atoms with E-state index < -0.39 is 28.9 Å². The van der Waals surface area contributed by atoms with E-state index in [1.165, 1.54) is 35.3 Å². The van der Waals surface area contributed by atoms with Gasteiger partial charge in [-0.05, 0) is 37.3 Å². The molecule has 0 bridgehead atoms. The summed E-state index contributed by atoms with van der Waals surface area (Å²) in [7, 11) is 0.